The maximum absolute atomic E-state index is 10.7. The number of hydrogen-bond donors (Lipinski definition) is 3. The highest BCUT2D eigenvalue weighted by Crippen LogP contribution is 1.91. The van der Waals surface area contributed by atoms with Gasteiger partial charge in [-0.25, -0.2) is 0 Å². The largest absolute Gasteiger partial charge is 0.355 e. The lowest BCUT2D eigenvalue weighted by Gasteiger charge is -2.02. The van der Waals surface area contributed by atoms with Gasteiger partial charge in [0.15, 0.2) is 0 Å². The monoisotopic (exact) mass is 173 g/mol. The van der Waals surface area contributed by atoms with Crippen molar-refractivity contribution in [1.82, 2.24) is 10.6 Å². The molecule has 0 aromatic carbocycles. The number of nitrogens with two attached hydrogens (primary N) is 1. The van der Waals surface area contributed by atoms with Gasteiger partial charge in [-0.1, -0.05) is 6.42 Å². The zero-order valence-corrected chi connectivity index (χ0v) is 7.73. The Labute approximate surface area is 73.9 Å². The molecule has 0 spiro atoms. The Bertz CT molecular complexity index is 117. The van der Waals surface area contributed by atoms with E-state index in [0.717, 1.165) is 32.4 Å². The average Bonchev–Trinajstić information content (AvgIpc) is 2.10. The molecule has 12 heavy (non-hydrogen) atoms. The summed E-state index contributed by atoms with van der Waals surface area (Å²) in [5, 5.41) is 5.80. The number of carbonyl (C=O) groups is 1. The van der Waals surface area contributed by atoms with E-state index in [2.05, 4.69) is 10.6 Å². The highest BCUT2D eigenvalue weighted by molar-refractivity contribution is 5.77. The molecule has 0 unspecified atom stereocenters. The van der Waals surface area contributed by atoms with Crippen molar-refractivity contribution in [2.45, 2.75) is 19.3 Å². The van der Waals surface area contributed by atoms with Crippen molar-refractivity contribution in [1.29, 1.82) is 0 Å². The molecular formula is C8H19N3O. The summed E-state index contributed by atoms with van der Waals surface area (Å²) in [5.41, 5.74) is 5.11. The van der Waals surface area contributed by atoms with Crippen LogP contribution < -0.4 is 16.4 Å². The van der Waals surface area contributed by atoms with Gasteiger partial charge in [-0.3, -0.25) is 4.79 Å². The van der Waals surface area contributed by atoms with Crippen molar-refractivity contribution < 1.29 is 4.79 Å². The summed E-state index contributed by atoms with van der Waals surface area (Å²) in [6.07, 6.45) is 3.34. The van der Waals surface area contributed by atoms with Gasteiger partial charge in [0.2, 0.25) is 5.91 Å². The summed E-state index contributed by atoms with van der Waals surface area (Å²) in [6.45, 7) is 1.89. The molecule has 0 atom stereocenters. The van der Waals surface area contributed by atoms with E-state index in [1.807, 2.05) is 7.05 Å². The number of unbranched alkanes of at least 4 members (excludes halogenated alkanes) is 2. The fourth-order valence-electron chi connectivity index (χ4n) is 0.904. The van der Waals surface area contributed by atoms with Crippen molar-refractivity contribution >= 4 is 5.91 Å². The Morgan fingerprint density at radius 2 is 1.92 bits per heavy atom. The molecule has 0 aliphatic carbocycles. The van der Waals surface area contributed by atoms with E-state index in [9.17, 15) is 4.79 Å². The van der Waals surface area contributed by atoms with Gasteiger partial charge in [-0.2, -0.15) is 0 Å². The van der Waals surface area contributed by atoms with Gasteiger partial charge < -0.3 is 16.4 Å². The fraction of sp³-hybridized carbons (Fsp3) is 0.875. The number of hydrogen-bond acceptors (Lipinski definition) is 3. The number of nitrogens with one attached hydrogen (secondary N) is 2. The zero-order valence-electron chi connectivity index (χ0n) is 7.73. The Balaban J connectivity index is 2.95. The van der Waals surface area contributed by atoms with Crippen molar-refractivity contribution in [2.75, 3.05) is 26.7 Å². The van der Waals surface area contributed by atoms with Crippen LogP contribution in [0.15, 0.2) is 0 Å². The van der Waals surface area contributed by atoms with E-state index in [4.69, 9.17) is 5.73 Å². The Morgan fingerprint density at radius 1 is 1.25 bits per heavy atom. The molecule has 72 valence electrons. The fourth-order valence-corrected chi connectivity index (χ4v) is 0.904. The molecule has 0 saturated heterocycles. The summed E-state index contributed by atoms with van der Waals surface area (Å²) in [4.78, 5) is 10.7. The number of amides is 1. The van der Waals surface area contributed by atoms with E-state index < -0.39 is 0 Å². The first kappa shape index (κ1) is 11.4. The van der Waals surface area contributed by atoms with Crippen LogP contribution in [0.2, 0.25) is 0 Å². The summed E-state index contributed by atoms with van der Waals surface area (Å²) in [5.74, 6) is -0.0661. The first-order chi connectivity index (χ1) is 5.81. The van der Waals surface area contributed by atoms with Crippen molar-refractivity contribution in [2.24, 2.45) is 5.73 Å². The van der Waals surface area contributed by atoms with Gasteiger partial charge in [-0.05, 0) is 26.4 Å². The Kier molecular flexibility index (Phi) is 8.05. The van der Waals surface area contributed by atoms with Crippen LogP contribution >= 0.6 is 0 Å². The quantitative estimate of drug-likeness (QED) is 0.453. The van der Waals surface area contributed by atoms with Gasteiger partial charge in [0.25, 0.3) is 0 Å². The van der Waals surface area contributed by atoms with E-state index in [1.165, 1.54) is 0 Å². The normalized spacial score (nSPS) is 9.83. The first-order valence-corrected chi connectivity index (χ1v) is 4.42. The van der Waals surface area contributed by atoms with E-state index >= 15 is 0 Å². The van der Waals surface area contributed by atoms with E-state index in [-0.39, 0.29) is 12.5 Å². The molecule has 0 aliphatic heterocycles. The minimum Gasteiger partial charge on any atom is -0.355 e. The third-order valence-electron chi connectivity index (χ3n) is 1.61. The molecule has 1 amide bonds. The summed E-state index contributed by atoms with van der Waals surface area (Å²) >= 11 is 0. The SMILES string of the molecule is CNCCCCCNC(=O)CN. The molecule has 0 fully saturated rings. The third-order valence-corrected chi connectivity index (χ3v) is 1.61. The lowest BCUT2D eigenvalue weighted by molar-refractivity contribution is -0.119. The van der Waals surface area contributed by atoms with Crippen LogP contribution in [0, 0.1) is 0 Å². The van der Waals surface area contributed by atoms with Gasteiger partial charge in [-0.15, -0.1) is 0 Å². The predicted octanol–water partition coefficient (Wildman–Crippen LogP) is -0.549. The summed E-state index contributed by atoms with van der Waals surface area (Å²) in [7, 11) is 1.94. The molecule has 0 aliphatic rings. The van der Waals surface area contributed by atoms with E-state index in [1.54, 1.807) is 0 Å². The highest BCUT2D eigenvalue weighted by atomic mass is 16.1. The second-order valence-electron chi connectivity index (χ2n) is 2.72. The van der Waals surface area contributed by atoms with E-state index in [0.29, 0.717) is 0 Å². The molecule has 0 bridgehead atoms. The molecule has 0 aromatic heterocycles. The Hall–Kier alpha value is -0.610. The molecule has 4 N–H and O–H groups in total. The van der Waals surface area contributed by atoms with Crippen molar-refractivity contribution in [3.63, 3.8) is 0 Å². The topological polar surface area (TPSA) is 67.1 Å². The molecule has 0 aromatic rings. The van der Waals surface area contributed by atoms with Crippen LogP contribution in [-0.2, 0) is 4.79 Å². The summed E-state index contributed by atoms with van der Waals surface area (Å²) < 4.78 is 0. The maximum Gasteiger partial charge on any atom is 0.233 e. The Morgan fingerprint density at radius 3 is 2.50 bits per heavy atom. The van der Waals surface area contributed by atoms with Crippen LogP contribution in [0.3, 0.4) is 0 Å². The standard InChI is InChI=1S/C8H19N3O/c1-10-5-3-2-4-6-11-8(12)7-9/h10H,2-7,9H2,1H3,(H,11,12). The minimum atomic E-state index is -0.0661. The van der Waals surface area contributed by atoms with Crippen molar-refractivity contribution in [3.05, 3.63) is 0 Å². The van der Waals surface area contributed by atoms with Gasteiger partial charge in [0, 0.05) is 6.54 Å². The third kappa shape index (κ3) is 7.50. The van der Waals surface area contributed by atoms with Crippen molar-refractivity contribution in [3.8, 4) is 0 Å². The first-order valence-electron chi connectivity index (χ1n) is 4.42. The lowest BCUT2D eigenvalue weighted by Crippen LogP contribution is -2.30. The zero-order chi connectivity index (χ0) is 9.23. The molecular weight excluding hydrogens is 154 g/mol. The molecule has 0 saturated carbocycles. The van der Waals surface area contributed by atoms with Gasteiger partial charge in [0.05, 0.1) is 6.54 Å². The molecule has 0 heterocycles. The predicted molar refractivity (Wildman–Crippen MR) is 49.8 cm³/mol. The lowest BCUT2D eigenvalue weighted by atomic mass is 10.2. The second-order valence-corrected chi connectivity index (χ2v) is 2.72. The maximum atomic E-state index is 10.7. The molecule has 4 nitrogen and oxygen atoms in total. The molecule has 0 radical (unpaired) electrons. The summed E-state index contributed by atoms with van der Waals surface area (Å²) in [6, 6.07) is 0. The number of carbonyl (C=O) groups excluding carboxylic acids is 1. The number of rotatable bonds is 7. The second kappa shape index (κ2) is 8.49. The van der Waals surface area contributed by atoms with Crippen LogP contribution in [0.1, 0.15) is 19.3 Å². The van der Waals surface area contributed by atoms with Crippen LogP contribution in [0.4, 0.5) is 0 Å². The minimum absolute atomic E-state index is 0.0661. The molecule has 4 heteroatoms. The van der Waals surface area contributed by atoms with Gasteiger partial charge in [0.1, 0.15) is 0 Å². The van der Waals surface area contributed by atoms with Crippen LogP contribution in [-0.4, -0.2) is 32.6 Å². The van der Waals surface area contributed by atoms with Gasteiger partial charge >= 0.3 is 0 Å². The van der Waals surface area contributed by atoms with Crippen LogP contribution in [0.25, 0.3) is 0 Å². The average molecular weight is 173 g/mol. The highest BCUT2D eigenvalue weighted by Gasteiger charge is 1.94. The van der Waals surface area contributed by atoms with Crippen LogP contribution in [0.5, 0.6) is 0 Å². The molecule has 0 rings (SSSR count). The smallest absolute Gasteiger partial charge is 0.233 e.